The van der Waals surface area contributed by atoms with Crippen LogP contribution in [-0.2, 0) is 22.4 Å². The summed E-state index contributed by atoms with van der Waals surface area (Å²) in [6.45, 7) is 2.64. The van der Waals surface area contributed by atoms with E-state index in [4.69, 9.17) is 9.47 Å². The van der Waals surface area contributed by atoms with Gasteiger partial charge in [0.2, 0.25) is 6.41 Å². The number of methoxy groups -OCH3 is 1. The zero-order chi connectivity index (χ0) is 23.5. The van der Waals surface area contributed by atoms with Crippen LogP contribution in [0.25, 0.3) is 0 Å². The zero-order valence-electron chi connectivity index (χ0n) is 18.7. The Bertz CT molecular complexity index is 1070. The van der Waals surface area contributed by atoms with E-state index >= 15 is 0 Å². The topological polar surface area (TPSA) is 99.2 Å². The van der Waals surface area contributed by atoms with Crippen molar-refractivity contribution in [2.45, 2.75) is 44.8 Å². The van der Waals surface area contributed by atoms with Gasteiger partial charge in [-0.15, -0.1) is 0 Å². The highest BCUT2D eigenvalue weighted by molar-refractivity contribution is 7.79. The van der Waals surface area contributed by atoms with Gasteiger partial charge in [-0.05, 0) is 55.5 Å². The molecule has 1 saturated carbocycles. The van der Waals surface area contributed by atoms with Crippen LogP contribution in [0.2, 0.25) is 0 Å². The molecule has 1 aliphatic carbocycles. The molecule has 4 rings (SSSR count). The quantitative estimate of drug-likeness (QED) is 0.369. The molecule has 1 heterocycles. The summed E-state index contributed by atoms with van der Waals surface area (Å²) >= 11 is -2.25. The van der Waals surface area contributed by atoms with Crippen molar-refractivity contribution in [3.8, 4) is 11.5 Å². The van der Waals surface area contributed by atoms with Crippen molar-refractivity contribution in [1.82, 2.24) is 4.90 Å². The molecule has 2 atom stereocenters. The van der Waals surface area contributed by atoms with Gasteiger partial charge in [-0.25, -0.2) is 0 Å². The summed E-state index contributed by atoms with van der Waals surface area (Å²) in [6, 6.07) is 10.6. The third-order valence-electron chi connectivity index (χ3n) is 6.08. The van der Waals surface area contributed by atoms with Gasteiger partial charge in [-0.1, -0.05) is 29.3 Å². The summed E-state index contributed by atoms with van der Waals surface area (Å²) < 4.78 is 33.8. The van der Waals surface area contributed by atoms with Crippen LogP contribution in [0, 0.1) is 0 Å². The Morgan fingerprint density at radius 3 is 2.70 bits per heavy atom. The molecular weight excluding hydrogens is 444 g/mol. The van der Waals surface area contributed by atoms with Crippen LogP contribution in [0.15, 0.2) is 36.4 Å². The minimum absolute atomic E-state index is 0.0871. The number of fused-ring (bicyclic) bond motifs is 1. The van der Waals surface area contributed by atoms with E-state index in [1.807, 2.05) is 25.1 Å². The zero-order valence-corrected chi connectivity index (χ0v) is 19.5. The lowest BCUT2D eigenvalue weighted by atomic mass is 10.0. The van der Waals surface area contributed by atoms with Crippen molar-refractivity contribution in [1.29, 1.82) is 0 Å². The van der Waals surface area contributed by atoms with Crippen molar-refractivity contribution < 1.29 is 27.8 Å². The average molecular weight is 472 g/mol. The molecular formula is C24H27N2O6S-. The predicted octanol–water partition coefficient (Wildman–Crippen LogP) is 3.19. The van der Waals surface area contributed by atoms with Crippen LogP contribution in [0.3, 0.4) is 0 Å². The minimum Gasteiger partial charge on any atom is -0.772 e. The Kier molecular flexibility index (Phi) is 6.99. The summed E-state index contributed by atoms with van der Waals surface area (Å²) in [5.41, 5.74) is 2.73. The Hall–Kier alpha value is -2.91. The number of anilines is 1. The maximum Gasteiger partial charge on any atom is 0.257 e. The second kappa shape index (κ2) is 9.93. The number of nitrogens with zero attached hydrogens (tertiary/aromatic N) is 2. The predicted molar refractivity (Wildman–Crippen MR) is 123 cm³/mol. The molecule has 2 aromatic carbocycles. The van der Waals surface area contributed by atoms with E-state index in [1.165, 1.54) is 0 Å². The van der Waals surface area contributed by atoms with Crippen molar-refractivity contribution in [2.75, 3.05) is 24.4 Å². The first-order valence-corrected chi connectivity index (χ1v) is 12.3. The van der Waals surface area contributed by atoms with Crippen LogP contribution in [-0.4, -0.2) is 51.5 Å². The SMILES string of the molecule is CCOc1cc([C@H](CCS(=O)[O-])N2Cc3cccc(N(C=O)C4CC4)c3C2=O)ccc1OC. The average Bonchev–Trinajstić information content (AvgIpc) is 3.58. The fourth-order valence-electron chi connectivity index (χ4n) is 4.40. The van der Waals surface area contributed by atoms with Gasteiger partial charge in [0.15, 0.2) is 11.5 Å². The van der Waals surface area contributed by atoms with Gasteiger partial charge in [0.1, 0.15) is 0 Å². The summed E-state index contributed by atoms with van der Waals surface area (Å²) in [5, 5.41) is 0. The first-order valence-electron chi connectivity index (χ1n) is 11.0. The molecule has 9 heteroatoms. The molecule has 1 unspecified atom stereocenters. The molecule has 2 aromatic rings. The normalized spacial score (nSPS) is 16.8. The van der Waals surface area contributed by atoms with Gasteiger partial charge < -0.3 is 23.8 Å². The molecule has 0 radical (unpaired) electrons. The highest BCUT2D eigenvalue weighted by Gasteiger charge is 2.39. The fraction of sp³-hybridized carbons (Fsp3) is 0.417. The van der Waals surface area contributed by atoms with Gasteiger partial charge in [-0.3, -0.25) is 13.8 Å². The highest BCUT2D eigenvalue weighted by Crippen LogP contribution is 2.41. The Balaban J connectivity index is 1.71. The van der Waals surface area contributed by atoms with E-state index in [0.29, 0.717) is 35.9 Å². The number of rotatable bonds is 11. The molecule has 2 amide bonds. The lowest BCUT2D eigenvalue weighted by molar-refractivity contribution is -0.107. The number of ether oxygens (including phenoxy) is 2. The molecule has 2 aliphatic rings. The van der Waals surface area contributed by atoms with E-state index in [2.05, 4.69) is 0 Å². The first-order chi connectivity index (χ1) is 16.0. The van der Waals surface area contributed by atoms with Gasteiger partial charge in [0.25, 0.3) is 5.91 Å². The van der Waals surface area contributed by atoms with Crippen LogP contribution < -0.4 is 14.4 Å². The molecule has 8 nitrogen and oxygen atoms in total. The number of amides is 2. The largest absolute Gasteiger partial charge is 0.772 e. The summed E-state index contributed by atoms with van der Waals surface area (Å²) in [6.07, 6.45) is 2.87. The van der Waals surface area contributed by atoms with Gasteiger partial charge in [-0.2, -0.15) is 0 Å². The number of hydrogen-bond acceptors (Lipinski definition) is 6. The van der Waals surface area contributed by atoms with Crippen molar-refractivity contribution >= 4 is 29.1 Å². The van der Waals surface area contributed by atoms with E-state index < -0.39 is 17.1 Å². The monoisotopic (exact) mass is 471 g/mol. The molecule has 1 aliphatic heterocycles. The maximum absolute atomic E-state index is 13.6. The van der Waals surface area contributed by atoms with E-state index in [1.54, 1.807) is 35.1 Å². The van der Waals surface area contributed by atoms with Crippen molar-refractivity contribution in [3.05, 3.63) is 53.1 Å². The second-order valence-corrected chi connectivity index (χ2v) is 9.16. The summed E-state index contributed by atoms with van der Waals surface area (Å²) in [4.78, 5) is 28.8. The fourth-order valence-corrected chi connectivity index (χ4v) is 4.82. The highest BCUT2D eigenvalue weighted by atomic mass is 32.2. The third-order valence-corrected chi connectivity index (χ3v) is 6.65. The third kappa shape index (κ3) is 4.74. The standard InChI is InChI=1S/C24H28N2O6S/c1-3-32-22-13-16(7-10-21(22)31-2)19(11-12-33(29)30)25-14-17-5-4-6-20(23(17)24(25)28)26(15-27)18-8-9-18/h4-7,10,13,15,18-19H,3,8-9,11-12,14H2,1-2H3,(H,29,30)/p-1/t19-/m0/s1. The minimum atomic E-state index is -2.25. The Morgan fingerprint density at radius 2 is 2.06 bits per heavy atom. The lowest BCUT2D eigenvalue weighted by Crippen LogP contribution is -2.31. The van der Waals surface area contributed by atoms with Crippen LogP contribution in [0.4, 0.5) is 5.69 Å². The molecule has 33 heavy (non-hydrogen) atoms. The van der Waals surface area contributed by atoms with Gasteiger partial charge >= 0.3 is 0 Å². The maximum atomic E-state index is 13.6. The second-order valence-electron chi connectivity index (χ2n) is 8.14. The number of hydrogen-bond donors (Lipinski definition) is 0. The molecule has 0 aromatic heterocycles. The molecule has 0 saturated heterocycles. The van der Waals surface area contributed by atoms with Crippen molar-refractivity contribution in [3.63, 3.8) is 0 Å². The Labute approximate surface area is 195 Å². The van der Waals surface area contributed by atoms with Crippen molar-refractivity contribution in [2.24, 2.45) is 0 Å². The molecule has 1 fully saturated rings. The Morgan fingerprint density at radius 1 is 1.27 bits per heavy atom. The van der Waals surface area contributed by atoms with E-state index in [9.17, 15) is 18.4 Å². The number of carbonyl (C=O) groups excluding carboxylic acids is 2. The van der Waals surface area contributed by atoms with Gasteiger partial charge in [0, 0.05) is 18.3 Å². The molecule has 0 spiro atoms. The van der Waals surface area contributed by atoms with Gasteiger partial charge in [0.05, 0.1) is 31.0 Å². The molecule has 0 N–H and O–H groups in total. The lowest BCUT2D eigenvalue weighted by Gasteiger charge is -2.29. The number of benzene rings is 2. The van der Waals surface area contributed by atoms with Crippen LogP contribution in [0.5, 0.6) is 11.5 Å². The van der Waals surface area contributed by atoms with Crippen LogP contribution in [0.1, 0.15) is 53.7 Å². The number of carbonyl (C=O) groups is 2. The van der Waals surface area contributed by atoms with E-state index in [-0.39, 0.29) is 24.1 Å². The smallest absolute Gasteiger partial charge is 0.257 e. The summed E-state index contributed by atoms with van der Waals surface area (Å²) in [5.74, 6) is 0.812. The summed E-state index contributed by atoms with van der Waals surface area (Å²) in [7, 11) is 1.55. The molecule has 176 valence electrons. The van der Waals surface area contributed by atoms with E-state index in [0.717, 1.165) is 30.4 Å². The molecule has 0 bridgehead atoms. The van der Waals surface area contributed by atoms with Crippen LogP contribution >= 0.6 is 0 Å². The first kappa shape index (κ1) is 23.3.